The molecule has 1 aromatic rings. The van der Waals surface area contributed by atoms with Gasteiger partial charge in [0.25, 0.3) is 0 Å². The van der Waals surface area contributed by atoms with Crippen molar-refractivity contribution in [2.75, 3.05) is 7.11 Å². The minimum atomic E-state index is -1.86. The lowest BCUT2D eigenvalue weighted by Gasteiger charge is -2.61. The second-order valence-corrected chi connectivity index (χ2v) is 12.6. The first-order chi connectivity index (χ1) is 17.3. The Balaban J connectivity index is 1.56. The Morgan fingerprint density at radius 1 is 1.19 bits per heavy atom. The fourth-order valence-electron chi connectivity index (χ4n) is 9.62. The van der Waals surface area contributed by atoms with Gasteiger partial charge in [-0.1, -0.05) is 20.8 Å². The SMILES string of the molecule is COC(=O)[C@H](O)[C@H]1[C@]2(C)C[C@]3(O)O[C@@]4(CC(=O)[C@H]2O)[C@@H]2CC(=O)O[C@@H](c5ccoc5)[C@]2(C)CC[C@@H]4[C@]13C. The number of aliphatic hydroxyl groups excluding tert-OH is 2. The van der Waals surface area contributed by atoms with Gasteiger partial charge >= 0.3 is 11.9 Å². The number of fused-ring (bicyclic) bond motifs is 3. The molecule has 3 aliphatic heterocycles. The number of hydrogen-bond acceptors (Lipinski definition) is 10. The van der Waals surface area contributed by atoms with E-state index in [-0.39, 0.29) is 19.3 Å². The molecular weight excluding hydrogens is 484 g/mol. The van der Waals surface area contributed by atoms with Gasteiger partial charge in [-0.2, -0.15) is 0 Å². The van der Waals surface area contributed by atoms with E-state index in [1.54, 1.807) is 19.9 Å². The van der Waals surface area contributed by atoms with Crippen molar-refractivity contribution in [2.45, 2.75) is 82.6 Å². The second kappa shape index (κ2) is 7.43. The zero-order valence-corrected chi connectivity index (χ0v) is 21.4. The summed E-state index contributed by atoms with van der Waals surface area (Å²) >= 11 is 0. The lowest BCUT2D eigenvalue weighted by Crippen LogP contribution is -2.65. The molecular formula is C27H34O10. The monoisotopic (exact) mass is 518 g/mol. The van der Waals surface area contributed by atoms with Crippen molar-refractivity contribution < 1.29 is 48.3 Å². The van der Waals surface area contributed by atoms with Gasteiger partial charge in [-0.25, -0.2) is 4.79 Å². The summed E-state index contributed by atoms with van der Waals surface area (Å²) in [5.41, 5.74) is -3.84. The number of carbonyl (C=O) groups is 3. The molecule has 0 radical (unpaired) electrons. The van der Waals surface area contributed by atoms with Crippen molar-refractivity contribution in [2.24, 2.45) is 34.0 Å². The van der Waals surface area contributed by atoms with Crippen LogP contribution in [0.4, 0.5) is 0 Å². The third-order valence-corrected chi connectivity index (χ3v) is 11.1. The lowest BCUT2D eigenvalue weighted by molar-refractivity contribution is -0.288. The topological polar surface area (TPSA) is 153 Å². The van der Waals surface area contributed by atoms with Crippen LogP contribution in [0.2, 0.25) is 0 Å². The predicted molar refractivity (Wildman–Crippen MR) is 123 cm³/mol. The van der Waals surface area contributed by atoms with E-state index < -0.39 is 81.4 Å². The Morgan fingerprint density at radius 3 is 2.57 bits per heavy atom. The Hall–Kier alpha value is -2.27. The van der Waals surface area contributed by atoms with Gasteiger partial charge in [-0.15, -0.1) is 0 Å². The minimum Gasteiger partial charge on any atom is -0.472 e. The van der Waals surface area contributed by atoms with Gasteiger partial charge < -0.3 is 33.9 Å². The Bertz CT molecular complexity index is 1160. The van der Waals surface area contributed by atoms with E-state index in [1.807, 2.05) is 6.92 Å². The van der Waals surface area contributed by atoms with E-state index in [1.165, 1.54) is 12.5 Å². The largest absolute Gasteiger partial charge is 0.472 e. The Morgan fingerprint density at radius 2 is 1.92 bits per heavy atom. The van der Waals surface area contributed by atoms with Crippen molar-refractivity contribution in [3.8, 4) is 0 Å². The number of Topliss-reactive ketones (excluding diaryl/α,β-unsaturated/α-hetero) is 1. The Labute approximate surface area is 214 Å². The third kappa shape index (κ3) is 2.77. The number of furan rings is 1. The van der Waals surface area contributed by atoms with Crippen molar-refractivity contribution in [1.29, 1.82) is 0 Å². The number of rotatable bonds is 3. The van der Waals surface area contributed by atoms with E-state index in [0.717, 1.165) is 7.11 Å². The van der Waals surface area contributed by atoms with Crippen LogP contribution >= 0.6 is 0 Å². The number of methoxy groups -OCH3 is 1. The minimum absolute atomic E-state index is 0.0294. The van der Waals surface area contributed by atoms with Crippen LogP contribution in [0, 0.1) is 34.0 Å². The number of hydrogen-bond donors (Lipinski definition) is 3. The molecule has 0 unspecified atom stereocenters. The maximum Gasteiger partial charge on any atom is 0.335 e. The van der Waals surface area contributed by atoms with Crippen LogP contribution in [0.15, 0.2) is 23.0 Å². The fourth-order valence-corrected chi connectivity index (χ4v) is 9.62. The number of esters is 2. The summed E-state index contributed by atoms with van der Waals surface area (Å²) in [6.07, 6.45) is -0.163. The predicted octanol–water partition coefficient (Wildman–Crippen LogP) is 1.66. The number of carbonyl (C=O) groups excluding carboxylic acids is 3. The van der Waals surface area contributed by atoms with Crippen LogP contribution in [-0.2, 0) is 28.6 Å². The van der Waals surface area contributed by atoms with Gasteiger partial charge in [-0.3, -0.25) is 9.59 Å². The van der Waals surface area contributed by atoms with E-state index in [2.05, 4.69) is 0 Å². The first-order valence-corrected chi connectivity index (χ1v) is 12.9. The molecule has 3 N–H and O–H groups in total. The average molecular weight is 519 g/mol. The number of ketones is 1. The van der Waals surface area contributed by atoms with Crippen LogP contribution in [0.25, 0.3) is 0 Å². The first-order valence-electron chi connectivity index (χ1n) is 12.9. The van der Waals surface area contributed by atoms with Gasteiger partial charge in [0.05, 0.1) is 31.7 Å². The van der Waals surface area contributed by atoms with E-state index in [4.69, 9.17) is 18.6 Å². The van der Waals surface area contributed by atoms with E-state index in [9.17, 15) is 29.7 Å². The van der Waals surface area contributed by atoms with Gasteiger partial charge in [0.15, 0.2) is 17.7 Å². The molecule has 10 nitrogen and oxygen atoms in total. The molecule has 11 atom stereocenters. The molecule has 1 spiro atoms. The van der Waals surface area contributed by atoms with Gasteiger partial charge in [0.2, 0.25) is 0 Å². The molecule has 4 bridgehead atoms. The maximum absolute atomic E-state index is 13.7. The quantitative estimate of drug-likeness (QED) is 0.504. The second-order valence-electron chi connectivity index (χ2n) is 12.6. The van der Waals surface area contributed by atoms with Crippen molar-refractivity contribution in [3.63, 3.8) is 0 Å². The summed E-state index contributed by atoms with van der Waals surface area (Å²) in [6.45, 7) is 5.40. The van der Waals surface area contributed by atoms with Crippen molar-refractivity contribution in [1.82, 2.24) is 0 Å². The molecule has 37 heavy (non-hydrogen) atoms. The molecule has 0 aromatic carbocycles. The summed E-state index contributed by atoms with van der Waals surface area (Å²) in [6, 6.07) is 1.75. The summed E-state index contributed by atoms with van der Waals surface area (Å²) in [4.78, 5) is 39.3. The van der Waals surface area contributed by atoms with Crippen molar-refractivity contribution >= 4 is 17.7 Å². The summed E-state index contributed by atoms with van der Waals surface area (Å²) in [7, 11) is 1.16. The number of aliphatic hydroxyl groups is 3. The van der Waals surface area contributed by atoms with E-state index >= 15 is 0 Å². The smallest absolute Gasteiger partial charge is 0.335 e. The summed E-state index contributed by atoms with van der Waals surface area (Å²) in [5.74, 6) is -5.76. The number of cyclic esters (lactones) is 1. The van der Waals surface area contributed by atoms with Crippen LogP contribution in [-0.4, -0.2) is 63.7 Å². The van der Waals surface area contributed by atoms with Gasteiger partial charge in [0, 0.05) is 46.5 Å². The normalized spacial score (nSPS) is 51.1. The number of ether oxygens (including phenoxy) is 3. The van der Waals surface area contributed by atoms with Crippen LogP contribution in [0.1, 0.15) is 64.5 Å². The maximum atomic E-state index is 13.7. The van der Waals surface area contributed by atoms with Crippen LogP contribution in [0.5, 0.6) is 0 Å². The zero-order valence-electron chi connectivity index (χ0n) is 21.4. The lowest BCUT2D eigenvalue weighted by atomic mass is 9.45. The molecule has 1 aromatic heterocycles. The highest BCUT2D eigenvalue weighted by atomic mass is 16.7. The molecule has 202 valence electrons. The van der Waals surface area contributed by atoms with Crippen LogP contribution < -0.4 is 0 Å². The highest BCUT2D eigenvalue weighted by Crippen LogP contribution is 2.78. The zero-order chi connectivity index (χ0) is 26.8. The molecule has 10 heteroatoms. The highest BCUT2D eigenvalue weighted by Gasteiger charge is 2.85. The molecule has 6 fully saturated rings. The molecule has 3 aliphatic carbocycles. The fraction of sp³-hybridized carbons (Fsp3) is 0.741. The molecule has 7 rings (SSSR count). The van der Waals surface area contributed by atoms with E-state index in [0.29, 0.717) is 18.4 Å². The van der Waals surface area contributed by atoms with Crippen molar-refractivity contribution in [3.05, 3.63) is 24.2 Å². The first kappa shape index (κ1) is 25.0. The molecule has 3 saturated carbocycles. The van der Waals surface area contributed by atoms with Gasteiger partial charge in [0.1, 0.15) is 12.2 Å². The third-order valence-electron chi connectivity index (χ3n) is 11.1. The molecule has 6 aliphatic rings. The highest BCUT2D eigenvalue weighted by molar-refractivity contribution is 5.86. The summed E-state index contributed by atoms with van der Waals surface area (Å²) < 4.78 is 22.7. The Kier molecular flexibility index (Phi) is 5.03. The average Bonchev–Trinajstić information content (AvgIpc) is 3.47. The molecule has 0 amide bonds. The molecule has 3 saturated heterocycles. The standard InChI is InChI=1S/C27H34O10/c1-23-7-5-15-25(3)19(18(30)22(32)34-4)24(2)12-27(25,33)37-26(15,10-14(28)20(24)31)16(23)9-17(29)36-21(23)13-6-8-35-11-13/h6,8,11,15-16,18-21,30-31,33H,5,7,9-10,12H2,1-4H3/t15-,16-,18-,19+,20-,21+,23-,24+,25-,26-,27+/m1/s1. The summed E-state index contributed by atoms with van der Waals surface area (Å²) in [5, 5.41) is 34.9. The molecule has 4 heterocycles. The van der Waals surface area contributed by atoms with Crippen LogP contribution in [0.3, 0.4) is 0 Å². The van der Waals surface area contributed by atoms with Gasteiger partial charge in [-0.05, 0) is 24.8 Å².